The molecule has 2 aliphatic rings. The van der Waals surface area contributed by atoms with Gasteiger partial charge in [-0.1, -0.05) is 0 Å². The van der Waals surface area contributed by atoms with Crippen molar-refractivity contribution < 1.29 is 13.2 Å². The molecule has 2 fully saturated rings. The maximum atomic E-state index is 11.8. The Morgan fingerprint density at radius 2 is 2.12 bits per heavy atom. The molecule has 94 valence electrons. The van der Waals surface area contributed by atoms with E-state index >= 15 is 0 Å². The lowest BCUT2D eigenvalue weighted by atomic mass is 10.1. The summed E-state index contributed by atoms with van der Waals surface area (Å²) < 4.78 is 31.5. The van der Waals surface area contributed by atoms with E-state index in [0.717, 1.165) is 19.3 Å². The van der Waals surface area contributed by atoms with Gasteiger partial charge in [0.25, 0.3) is 0 Å². The molecule has 1 saturated carbocycles. The Bertz CT molecular complexity index is 325. The Kier molecular flexibility index (Phi) is 3.84. The van der Waals surface area contributed by atoms with E-state index in [-0.39, 0.29) is 11.3 Å². The molecule has 3 N–H and O–H groups in total. The first kappa shape index (κ1) is 12.3. The second-order valence-corrected chi connectivity index (χ2v) is 6.86. The lowest BCUT2D eigenvalue weighted by Gasteiger charge is -2.14. The smallest absolute Gasteiger partial charge is 0.216 e. The third-order valence-corrected chi connectivity index (χ3v) is 5.30. The molecule has 3 atom stereocenters. The average molecular weight is 248 g/mol. The summed E-state index contributed by atoms with van der Waals surface area (Å²) >= 11 is 0. The summed E-state index contributed by atoms with van der Waals surface area (Å²) in [6, 6.07) is 0.254. The Balaban J connectivity index is 1.80. The summed E-state index contributed by atoms with van der Waals surface area (Å²) in [6.45, 7) is 1.42. The number of hydrogen-bond donors (Lipinski definition) is 2. The first-order chi connectivity index (χ1) is 7.58. The Morgan fingerprint density at radius 1 is 1.31 bits per heavy atom. The molecular formula is C10H20N2O3S. The van der Waals surface area contributed by atoms with Crippen LogP contribution in [0.15, 0.2) is 0 Å². The van der Waals surface area contributed by atoms with E-state index in [2.05, 4.69) is 4.72 Å². The zero-order valence-corrected chi connectivity index (χ0v) is 10.2. The van der Waals surface area contributed by atoms with E-state index in [1.165, 1.54) is 0 Å². The maximum Gasteiger partial charge on any atom is 0.216 e. The molecule has 0 aromatic heterocycles. The van der Waals surface area contributed by atoms with Gasteiger partial charge in [0.15, 0.2) is 0 Å². The van der Waals surface area contributed by atoms with Gasteiger partial charge in [0, 0.05) is 19.2 Å². The van der Waals surface area contributed by atoms with Gasteiger partial charge in [0.1, 0.15) is 5.25 Å². The van der Waals surface area contributed by atoms with Crippen LogP contribution in [-0.2, 0) is 14.8 Å². The van der Waals surface area contributed by atoms with Crippen LogP contribution in [0.1, 0.15) is 25.7 Å². The van der Waals surface area contributed by atoms with E-state index < -0.39 is 10.0 Å². The second kappa shape index (κ2) is 5.00. The molecule has 0 spiro atoms. The van der Waals surface area contributed by atoms with Crippen molar-refractivity contribution in [3.63, 3.8) is 0 Å². The Hall–Kier alpha value is -0.170. The van der Waals surface area contributed by atoms with E-state index in [1.807, 2.05) is 0 Å². The topological polar surface area (TPSA) is 81.4 Å². The third-order valence-electron chi connectivity index (χ3n) is 3.48. The predicted octanol–water partition coefficient (Wildman–Crippen LogP) is -0.178. The molecule has 2 rings (SSSR count). The lowest BCUT2D eigenvalue weighted by molar-refractivity contribution is 0.198. The van der Waals surface area contributed by atoms with Gasteiger partial charge >= 0.3 is 0 Å². The molecule has 1 unspecified atom stereocenters. The Morgan fingerprint density at radius 3 is 2.69 bits per heavy atom. The Labute approximate surface area is 96.8 Å². The zero-order valence-electron chi connectivity index (χ0n) is 9.39. The van der Waals surface area contributed by atoms with Gasteiger partial charge in [-0.25, -0.2) is 13.1 Å². The van der Waals surface area contributed by atoms with E-state index in [9.17, 15) is 8.42 Å². The number of nitrogens with two attached hydrogens (primary N) is 1. The minimum absolute atomic E-state index is 0.254. The molecule has 5 nitrogen and oxygen atoms in total. The minimum atomic E-state index is -3.18. The van der Waals surface area contributed by atoms with Gasteiger partial charge in [-0.3, -0.25) is 0 Å². The van der Waals surface area contributed by atoms with Gasteiger partial charge in [-0.2, -0.15) is 0 Å². The first-order valence-corrected chi connectivity index (χ1v) is 7.44. The van der Waals surface area contributed by atoms with Crippen LogP contribution in [0.2, 0.25) is 0 Å². The standard InChI is InChI=1S/C10H20N2O3S/c11-9-2-1-8(5-9)6-12-16(13,14)10-3-4-15-7-10/h8-10,12H,1-7,11H2/t8-,9+,10?/m0/s1. The van der Waals surface area contributed by atoms with Crippen molar-refractivity contribution in [2.75, 3.05) is 19.8 Å². The average Bonchev–Trinajstić information content (AvgIpc) is 2.85. The van der Waals surface area contributed by atoms with Crippen molar-refractivity contribution in [2.24, 2.45) is 11.7 Å². The highest BCUT2D eigenvalue weighted by molar-refractivity contribution is 7.90. The summed E-state index contributed by atoms with van der Waals surface area (Å²) in [7, 11) is -3.18. The fourth-order valence-electron chi connectivity index (χ4n) is 2.41. The second-order valence-electron chi connectivity index (χ2n) is 4.82. The molecule has 16 heavy (non-hydrogen) atoms. The summed E-state index contributed by atoms with van der Waals surface area (Å²) in [4.78, 5) is 0. The highest BCUT2D eigenvalue weighted by Crippen LogP contribution is 2.23. The molecule has 0 aromatic carbocycles. The number of rotatable bonds is 4. The van der Waals surface area contributed by atoms with Crippen molar-refractivity contribution in [1.29, 1.82) is 0 Å². The number of nitrogens with one attached hydrogen (secondary N) is 1. The summed E-state index contributed by atoms with van der Waals surface area (Å²) in [5.41, 5.74) is 5.79. The summed E-state index contributed by atoms with van der Waals surface area (Å²) in [5.74, 6) is 0.409. The predicted molar refractivity (Wildman–Crippen MR) is 61.5 cm³/mol. The quantitative estimate of drug-likeness (QED) is 0.723. The summed E-state index contributed by atoms with van der Waals surface area (Å²) in [6.07, 6.45) is 3.59. The van der Waals surface area contributed by atoms with Crippen LogP contribution in [0.4, 0.5) is 0 Å². The fraction of sp³-hybridized carbons (Fsp3) is 1.00. The number of sulfonamides is 1. The van der Waals surface area contributed by atoms with Gasteiger partial charge in [-0.15, -0.1) is 0 Å². The normalized spacial score (nSPS) is 35.7. The van der Waals surface area contributed by atoms with Crippen LogP contribution in [-0.4, -0.2) is 39.5 Å². The molecule has 0 amide bonds. The first-order valence-electron chi connectivity index (χ1n) is 5.90. The number of ether oxygens (including phenoxy) is 1. The summed E-state index contributed by atoms with van der Waals surface area (Å²) in [5, 5.41) is -0.359. The monoisotopic (exact) mass is 248 g/mol. The molecule has 0 bridgehead atoms. The molecular weight excluding hydrogens is 228 g/mol. The van der Waals surface area contributed by atoms with Crippen molar-refractivity contribution in [3.05, 3.63) is 0 Å². The molecule has 1 aliphatic carbocycles. The minimum Gasteiger partial charge on any atom is -0.380 e. The van der Waals surface area contributed by atoms with Crippen LogP contribution >= 0.6 is 0 Å². The van der Waals surface area contributed by atoms with E-state index in [0.29, 0.717) is 32.1 Å². The van der Waals surface area contributed by atoms with E-state index in [4.69, 9.17) is 10.5 Å². The highest BCUT2D eigenvalue weighted by Gasteiger charge is 2.30. The van der Waals surface area contributed by atoms with Gasteiger partial charge in [-0.05, 0) is 31.6 Å². The van der Waals surface area contributed by atoms with E-state index in [1.54, 1.807) is 0 Å². The van der Waals surface area contributed by atoms with Crippen LogP contribution in [0.3, 0.4) is 0 Å². The van der Waals surface area contributed by atoms with Gasteiger partial charge in [0.2, 0.25) is 10.0 Å². The maximum absolute atomic E-state index is 11.8. The van der Waals surface area contributed by atoms with Crippen LogP contribution < -0.4 is 10.5 Å². The van der Waals surface area contributed by atoms with Gasteiger partial charge < -0.3 is 10.5 Å². The van der Waals surface area contributed by atoms with Crippen molar-refractivity contribution >= 4 is 10.0 Å². The highest BCUT2D eigenvalue weighted by atomic mass is 32.2. The zero-order chi connectivity index (χ0) is 11.6. The van der Waals surface area contributed by atoms with Crippen LogP contribution in [0, 0.1) is 5.92 Å². The molecule has 6 heteroatoms. The fourth-order valence-corrected chi connectivity index (χ4v) is 3.79. The molecule has 1 aliphatic heterocycles. The van der Waals surface area contributed by atoms with Crippen molar-refractivity contribution in [1.82, 2.24) is 4.72 Å². The SMILES string of the molecule is N[C@@H]1CC[C@H](CNS(=O)(=O)C2CCOC2)C1. The van der Waals surface area contributed by atoms with Crippen molar-refractivity contribution in [3.8, 4) is 0 Å². The lowest BCUT2D eigenvalue weighted by Crippen LogP contribution is -2.37. The van der Waals surface area contributed by atoms with Crippen molar-refractivity contribution in [2.45, 2.75) is 37.0 Å². The molecule has 1 heterocycles. The largest absolute Gasteiger partial charge is 0.380 e. The van der Waals surface area contributed by atoms with Gasteiger partial charge in [0.05, 0.1) is 6.61 Å². The van der Waals surface area contributed by atoms with Crippen LogP contribution in [0.5, 0.6) is 0 Å². The molecule has 0 radical (unpaired) electrons. The molecule has 1 saturated heterocycles. The van der Waals surface area contributed by atoms with Crippen LogP contribution in [0.25, 0.3) is 0 Å². The number of hydrogen-bond acceptors (Lipinski definition) is 4. The third kappa shape index (κ3) is 2.94. The molecule has 0 aromatic rings.